The van der Waals surface area contributed by atoms with Crippen LogP contribution in [0, 0.1) is 0 Å². The molecule has 0 saturated carbocycles. The van der Waals surface area contributed by atoms with Gasteiger partial charge < -0.3 is 0 Å². The van der Waals surface area contributed by atoms with Crippen LogP contribution in [0.25, 0.3) is 86.5 Å². The predicted octanol–water partition coefficient (Wildman–Crippen LogP) is 10.9. The molecule has 0 aliphatic carbocycles. The molecule has 9 rings (SSSR count). The maximum Gasteiger partial charge on any atom is -0.00199 e. The Morgan fingerprint density at radius 2 is 0.737 bits per heavy atom. The average Bonchev–Trinajstić information content (AvgIpc) is 2.99. The van der Waals surface area contributed by atoms with Crippen LogP contribution in [-0.4, -0.2) is 0 Å². The van der Waals surface area contributed by atoms with Gasteiger partial charge in [0.2, 0.25) is 0 Å². The van der Waals surface area contributed by atoms with Crippen LogP contribution in [0.3, 0.4) is 0 Å². The number of fused-ring (bicyclic) bond motifs is 8. The molecule has 0 heterocycles. The third-order valence-electron chi connectivity index (χ3n) is 8.57. The molecular formula is C38H22. The molecule has 0 N–H and O–H groups in total. The summed E-state index contributed by atoms with van der Waals surface area (Å²) in [5.74, 6) is 0. The summed E-state index contributed by atoms with van der Waals surface area (Å²) in [5, 5.41) is 18.5. The molecule has 0 heteroatoms. The Bertz CT molecular complexity index is 2370. The Balaban J connectivity index is 1.52. The first-order chi connectivity index (χ1) is 18.9. The third kappa shape index (κ3) is 2.54. The van der Waals surface area contributed by atoms with Crippen molar-refractivity contribution < 1.29 is 0 Å². The van der Waals surface area contributed by atoms with E-state index in [0.717, 1.165) is 0 Å². The second-order valence-electron chi connectivity index (χ2n) is 10.5. The highest BCUT2D eigenvalue weighted by Crippen LogP contribution is 2.45. The van der Waals surface area contributed by atoms with E-state index in [9.17, 15) is 0 Å². The molecular weight excluding hydrogens is 456 g/mol. The smallest absolute Gasteiger partial charge is 0.00199 e. The van der Waals surface area contributed by atoms with Gasteiger partial charge in [0.1, 0.15) is 0 Å². The number of rotatable bonds is 1. The molecule has 0 atom stereocenters. The molecule has 0 spiro atoms. The van der Waals surface area contributed by atoms with Crippen LogP contribution < -0.4 is 0 Å². The lowest BCUT2D eigenvalue weighted by molar-refractivity contribution is 1.73. The van der Waals surface area contributed by atoms with Gasteiger partial charge in [0.25, 0.3) is 0 Å². The zero-order valence-electron chi connectivity index (χ0n) is 20.7. The van der Waals surface area contributed by atoms with Crippen molar-refractivity contribution in [2.45, 2.75) is 0 Å². The quantitative estimate of drug-likeness (QED) is 0.206. The zero-order valence-corrected chi connectivity index (χ0v) is 20.7. The van der Waals surface area contributed by atoms with Gasteiger partial charge in [0.15, 0.2) is 0 Å². The first-order valence-electron chi connectivity index (χ1n) is 13.3. The van der Waals surface area contributed by atoms with Crippen molar-refractivity contribution in [3.8, 4) is 11.1 Å². The van der Waals surface area contributed by atoms with Gasteiger partial charge in [0.05, 0.1) is 0 Å². The molecule has 0 fully saturated rings. The van der Waals surface area contributed by atoms with Crippen LogP contribution >= 0.6 is 0 Å². The van der Waals surface area contributed by atoms with E-state index in [4.69, 9.17) is 0 Å². The molecule has 174 valence electrons. The van der Waals surface area contributed by atoms with Gasteiger partial charge in [0, 0.05) is 0 Å². The molecule has 0 nitrogen and oxygen atoms in total. The number of hydrogen-bond donors (Lipinski definition) is 0. The first kappa shape index (κ1) is 20.2. The lowest BCUT2D eigenvalue weighted by atomic mass is 9.85. The minimum Gasteiger partial charge on any atom is -0.0616 e. The van der Waals surface area contributed by atoms with E-state index in [2.05, 4.69) is 133 Å². The van der Waals surface area contributed by atoms with Gasteiger partial charge in [-0.3, -0.25) is 0 Å². The lowest BCUT2D eigenvalue weighted by Gasteiger charge is -2.18. The van der Waals surface area contributed by atoms with Gasteiger partial charge in [-0.1, -0.05) is 127 Å². The summed E-state index contributed by atoms with van der Waals surface area (Å²) in [6, 6.07) is 49.6. The molecule has 0 bridgehead atoms. The van der Waals surface area contributed by atoms with Crippen molar-refractivity contribution in [2.24, 2.45) is 0 Å². The molecule has 0 aliphatic rings. The van der Waals surface area contributed by atoms with E-state index >= 15 is 0 Å². The van der Waals surface area contributed by atoms with E-state index in [1.165, 1.54) is 86.5 Å². The fourth-order valence-corrected chi connectivity index (χ4v) is 6.96. The van der Waals surface area contributed by atoms with Crippen LogP contribution in [0.2, 0.25) is 0 Å². The van der Waals surface area contributed by atoms with Crippen molar-refractivity contribution in [3.05, 3.63) is 133 Å². The maximum absolute atomic E-state index is 2.46. The van der Waals surface area contributed by atoms with Gasteiger partial charge in [-0.2, -0.15) is 0 Å². The molecule has 9 aromatic carbocycles. The largest absolute Gasteiger partial charge is 0.0616 e. The normalized spacial score (nSPS) is 12.2. The van der Waals surface area contributed by atoms with Crippen LogP contribution in [-0.2, 0) is 0 Å². The fraction of sp³-hybridized carbons (Fsp3) is 0. The topological polar surface area (TPSA) is 0 Å². The molecule has 0 aromatic heterocycles. The molecule has 0 amide bonds. The van der Waals surface area contributed by atoms with Crippen molar-refractivity contribution in [1.82, 2.24) is 0 Å². The lowest BCUT2D eigenvalue weighted by Crippen LogP contribution is -1.90. The summed E-state index contributed by atoms with van der Waals surface area (Å²) in [6.07, 6.45) is 0. The number of benzene rings is 9. The highest BCUT2D eigenvalue weighted by atomic mass is 14.2. The Labute approximate surface area is 219 Å². The molecule has 0 radical (unpaired) electrons. The SMILES string of the molecule is c1cc2ccc3ccc(-c4cc5c6ccccc6c6ccccc6c5c5ccccc45)c4ccc(c1)c2c34. The summed E-state index contributed by atoms with van der Waals surface area (Å²) in [7, 11) is 0. The van der Waals surface area contributed by atoms with Crippen LogP contribution in [0.1, 0.15) is 0 Å². The third-order valence-corrected chi connectivity index (χ3v) is 8.57. The average molecular weight is 479 g/mol. The van der Waals surface area contributed by atoms with E-state index < -0.39 is 0 Å². The summed E-state index contributed by atoms with van der Waals surface area (Å²) >= 11 is 0. The van der Waals surface area contributed by atoms with Crippen LogP contribution in [0.4, 0.5) is 0 Å². The standard InChI is InChI=1S/C38H22/c1-2-12-28-26(10-1)27-11-3-5-14-31(27)38-32-15-6-4-13-29(32)34(22-35(28)38)30-20-18-25-17-16-23-8-7-9-24-19-21-33(30)37(25)36(23)24/h1-22H. The molecule has 9 aromatic rings. The Morgan fingerprint density at radius 3 is 1.45 bits per heavy atom. The predicted molar refractivity (Wildman–Crippen MR) is 166 cm³/mol. The molecule has 0 unspecified atom stereocenters. The molecule has 0 aliphatic heterocycles. The van der Waals surface area contributed by atoms with Gasteiger partial charge in [-0.25, -0.2) is 0 Å². The second-order valence-corrected chi connectivity index (χ2v) is 10.5. The Kier molecular flexibility index (Phi) is 3.88. The fourth-order valence-electron chi connectivity index (χ4n) is 6.96. The van der Waals surface area contributed by atoms with E-state index in [1.54, 1.807) is 0 Å². The highest BCUT2D eigenvalue weighted by Gasteiger charge is 2.17. The Morgan fingerprint density at radius 1 is 0.237 bits per heavy atom. The van der Waals surface area contributed by atoms with Crippen molar-refractivity contribution in [1.29, 1.82) is 0 Å². The maximum atomic E-state index is 2.46. The van der Waals surface area contributed by atoms with Gasteiger partial charge >= 0.3 is 0 Å². The summed E-state index contributed by atoms with van der Waals surface area (Å²) in [4.78, 5) is 0. The van der Waals surface area contributed by atoms with Crippen LogP contribution in [0.15, 0.2) is 133 Å². The molecule has 38 heavy (non-hydrogen) atoms. The summed E-state index contributed by atoms with van der Waals surface area (Å²) < 4.78 is 0. The summed E-state index contributed by atoms with van der Waals surface area (Å²) in [5.41, 5.74) is 2.59. The van der Waals surface area contributed by atoms with Gasteiger partial charge in [-0.15, -0.1) is 0 Å². The van der Waals surface area contributed by atoms with E-state index in [-0.39, 0.29) is 0 Å². The van der Waals surface area contributed by atoms with E-state index in [1.807, 2.05) is 0 Å². The molecule has 0 saturated heterocycles. The Hall–Kier alpha value is -4.94. The van der Waals surface area contributed by atoms with Gasteiger partial charge in [-0.05, 0) is 92.6 Å². The van der Waals surface area contributed by atoms with Crippen LogP contribution in [0.5, 0.6) is 0 Å². The monoisotopic (exact) mass is 478 g/mol. The highest BCUT2D eigenvalue weighted by molar-refractivity contribution is 6.34. The summed E-state index contributed by atoms with van der Waals surface area (Å²) in [6.45, 7) is 0. The number of hydrogen-bond acceptors (Lipinski definition) is 0. The first-order valence-corrected chi connectivity index (χ1v) is 13.3. The van der Waals surface area contributed by atoms with Crippen molar-refractivity contribution in [2.75, 3.05) is 0 Å². The van der Waals surface area contributed by atoms with Crippen molar-refractivity contribution >= 4 is 75.4 Å². The minimum atomic E-state index is 1.30. The zero-order chi connectivity index (χ0) is 24.8. The minimum absolute atomic E-state index is 1.30. The van der Waals surface area contributed by atoms with Crippen molar-refractivity contribution in [3.63, 3.8) is 0 Å². The second kappa shape index (κ2) is 7.31. The van der Waals surface area contributed by atoms with E-state index in [0.29, 0.717) is 0 Å².